The zero-order valence-electron chi connectivity index (χ0n) is 9.39. The highest BCUT2D eigenvalue weighted by atomic mass is 15.3. The molecular weight excluding hydrogens is 188 g/mol. The maximum atomic E-state index is 8.71. The third kappa shape index (κ3) is 2.31. The summed E-state index contributed by atoms with van der Waals surface area (Å²) in [5.41, 5.74) is 5.67. The summed E-state index contributed by atoms with van der Waals surface area (Å²) in [7, 11) is 2.23. The number of likely N-dealkylation sites (N-methyl/N-ethyl adjacent to an activating group) is 1. The largest absolute Gasteiger partial charge is 0.315 e. The van der Waals surface area contributed by atoms with E-state index in [-0.39, 0.29) is 6.04 Å². The Morgan fingerprint density at radius 1 is 1.40 bits per heavy atom. The van der Waals surface area contributed by atoms with Gasteiger partial charge in [-0.2, -0.15) is 5.26 Å². The van der Waals surface area contributed by atoms with Gasteiger partial charge in [0, 0.05) is 25.2 Å². The molecule has 0 amide bonds. The molecule has 3 atom stereocenters. The van der Waals surface area contributed by atoms with Gasteiger partial charge in [-0.15, -0.1) is 0 Å². The van der Waals surface area contributed by atoms with Crippen LogP contribution in [-0.2, 0) is 0 Å². The van der Waals surface area contributed by atoms with Gasteiger partial charge in [0.05, 0.1) is 6.07 Å². The maximum absolute atomic E-state index is 8.71. The number of fused-ring (bicyclic) bond motifs is 2. The Morgan fingerprint density at radius 3 is 2.87 bits per heavy atom. The number of nitriles is 1. The van der Waals surface area contributed by atoms with Crippen LogP contribution in [0.3, 0.4) is 0 Å². The van der Waals surface area contributed by atoms with Crippen LogP contribution in [0.1, 0.15) is 19.3 Å². The third-order valence-corrected chi connectivity index (χ3v) is 3.85. The molecule has 0 aromatic rings. The molecule has 15 heavy (non-hydrogen) atoms. The molecule has 4 nitrogen and oxygen atoms in total. The van der Waals surface area contributed by atoms with Crippen molar-refractivity contribution in [3.8, 4) is 6.07 Å². The molecule has 2 aliphatic rings. The average molecular weight is 208 g/mol. The van der Waals surface area contributed by atoms with E-state index in [0.717, 1.165) is 25.7 Å². The lowest BCUT2D eigenvalue weighted by molar-refractivity contribution is 0.217. The Balaban J connectivity index is 1.92. The van der Waals surface area contributed by atoms with E-state index >= 15 is 0 Å². The van der Waals surface area contributed by atoms with E-state index in [1.807, 2.05) is 0 Å². The summed E-state index contributed by atoms with van der Waals surface area (Å²) in [5, 5.41) is 8.71. The predicted octanol–water partition coefficient (Wildman–Crippen LogP) is 0.00578. The van der Waals surface area contributed by atoms with E-state index in [2.05, 4.69) is 22.9 Å². The van der Waals surface area contributed by atoms with E-state index in [9.17, 15) is 0 Å². The van der Waals surface area contributed by atoms with Crippen molar-refractivity contribution in [1.82, 2.24) is 9.80 Å². The molecule has 2 heterocycles. The normalized spacial score (nSPS) is 34.7. The lowest BCUT2D eigenvalue weighted by Gasteiger charge is -2.26. The highest BCUT2D eigenvalue weighted by Gasteiger charge is 2.34. The zero-order valence-corrected chi connectivity index (χ0v) is 9.39. The van der Waals surface area contributed by atoms with E-state index in [1.54, 1.807) is 0 Å². The van der Waals surface area contributed by atoms with Crippen LogP contribution in [0.2, 0.25) is 0 Å². The third-order valence-electron chi connectivity index (χ3n) is 3.85. The van der Waals surface area contributed by atoms with Gasteiger partial charge in [0.25, 0.3) is 0 Å². The molecule has 2 rings (SSSR count). The Bertz CT molecular complexity index is 260. The number of nitrogens with two attached hydrogens (primary N) is 1. The highest BCUT2D eigenvalue weighted by Crippen LogP contribution is 2.28. The molecule has 0 aliphatic carbocycles. The van der Waals surface area contributed by atoms with Crippen LogP contribution in [0.25, 0.3) is 0 Å². The summed E-state index contributed by atoms with van der Waals surface area (Å²) in [6.45, 7) is 2.91. The summed E-state index contributed by atoms with van der Waals surface area (Å²) in [6.07, 6.45) is 3.88. The molecule has 84 valence electrons. The molecular formula is C11H20N4. The molecule has 2 saturated heterocycles. The summed E-state index contributed by atoms with van der Waals surface area (Å²) in [4.78, 5) is 4.87. The molecule has 0 aromatic carbocycles. The minimum Gasteiger partial charge on any atom is -0.315 e. The Labute approximate surface area is 91.6 Å². The Kier molecular flexibility index (Phi) is 3.25. The first-order chi connectivity index (χ1) is 7.20. The second-order valence-electron chi connectivity index (χ2n) is 4.83. The Hall–Kier alpha value is -0.630. The van der Waals surface area contributed by atoms with E-state index in [1.165, 1.54) is 19.3 Å². The van der Waals surface area contributed by atoms with Crippen molar-refractivity contribution in [3.63, 3.8) is 0 Å². The summed E-state index contributed by atoms with van der Waals surface area (Å²) in [6, 6.07) is 3.23. The van der Waals surface area contributed by atoms with Crippen LogP contribution in [0.4, 0.5) is 0 Å². The number of nitrogens with zero attached hydrogens (tertiary/aromatic N) is 3. The molecule has 0 radical (unpaired) electrons. The maximum Gasteiger partial charge on any atom is 0.106 e. The number of likely N-dealkylation sites (tertiary alicyclic amines) is 1. The lowest BCUT2D eigenvalue weighted by Crippen LogP contribution is -2.41. The first-order valence-corrected chi connectivity index (χ1v) is 5.80. The van der Waals surface area contributed by atoms with Crippen LogP contribution in [0.5, 0.6) is 0 Å². The van der Waals surface area contributed by atoms with Crippen molar-refractivity contribution in [1.29, 1.82) is 5.26 Å². The fourth-order valence-corrected chi connectivity index (χ4v) is 2.86. The van der Waals surface area contributed by atoms with Gasteiger partial charge >= 0.3 is 0 Å². The van der Waals surface area contributed by atoms with Crippen LogP contribution in [-0.4, -0.2) is 54.6 Å². The van der Waals surface area contributed by atoms with Gasteiger partial charge in [-0.3, -0.25) is 9.80 Å². The molecule has 2 bridgehead atoms. The summed E-state index contributed by atoms with van der Waals surface area (Å²) >= 11 is 0. The monoisotopic (exact) mass is 208 g/mol. The zero-order chi connectivity index (χ0) is 10.8. The van der Waals surface area contributed by atoms with Crippen molar-refractivity contribution in [2.24, 2.45) is 5.73 Å². The highest BCUT2D eigenvalue weighted by molar-refractivity contribution is 4.94. The molecule has 2 aliphatic heterocycles. The Morgan fingerprint density at radius 2 is 2.13 bits per heavy atom. The average Bonchev–Trinajstić information content (AvgIpc) is 2.46. The van der Waals surface area contributed by atoms with Crippen molar-refractivity contribution in [2.45, 2.75) is 37.4 Å². The SMILES string of the molecule is CN1C2CCC1CN(CC(N)C#N)CC2. The van der Waals surface area contributed by atoms with Crippen LogP contribution >= 0.6 is 0 Å². The minimum atomic E-state index is -0.327. The lowest BCUT2D eigenvalue weighted by atomic mass is 10.1. The first kappa shape index (κ1) is 10.9. The van der Waals surface area contributed by atoms with Crippen molar-refractivity contribution in [3.05, 3.63) is 0 Å². The molecule has 0 aromatic heterocycles. The van der Waals surface area contributed by atoms with Gasteiger partial charge in [0.2, 0.25) is 0 Å². The second-order valence-corrected chi connectivity index (χ2v) is 4.83. The standard InChI is InChI=1S/C11H20N4/c1-14-10-2-3-11(14)8-15(5-4-10)7-9(13)6-12/h9-11H,2-5,7-8,13H2,1H3. The molecule has 4 heteroatoms. The second kappa shape index (κ2) is 4.48. The van der Waals surface area contributed by atoms with Gasteiger partial charge in [-0.05, 0) is 32.9 Å². The topological polar surface area (TPSA) is 56.3 Å². The number of rotatable bonds is 2. The number of hydrogen-bond acceptors (Lipinski definition) is 4. The van der Waals surface area contributed by atoms with Crippen molar-refractivity contribution in [2.75, 3.05) is 26.7 Å². The van der Waals surface area contributed by atoms with Crippen LogP contribution < -0.4 is 5.73 Å². The van der Waals surface area contributed by atoms with Gasteiger partial charge in [-0.1, -0.05) is 0 Å². The quantitative estimate of drug-likeness (QED) is 0.694. The van der Waals surface area contributed by atoms with Gasteiger partial charge in [0.15, 0.2) is 0 Å². The molecule has 2 N–H and O–H groups in total. The fourth-order valence-electron chi connectivity index (χ4n) is 2.86. The van der Waals surface area contributed by atoms with Gasteiger partial charge in [0.1, 0.15) is 6.04 Å². The fraction of sp³-hybridized carbons (Fsp3) is 0.909. The van der Waals surface area contributed by atoms with Gasteiger partial charge < -0.3 is 5.73 Å². The summed E-state index contributed by atoms with van der Waals surface area (Å²) in [5.74, 6) is 0. The summed E-state index contributed by atoms with van der Waals surface area (Å²) < 4.78 is 0. The minimum absolute atomic E-state index is 0.327. The van der Waals surface area contributed by atoms with E-state index < -0.39 is 0 Å². The van der Waals surface area contributed by atoms with Crippen molar-refractivity contribution >= 4 is 0 Å². The van der Waals surface area contributed by atoms with E-state index in [4.69, 9.17) is 11.0 Å². The van der Waals surface area contributed by atoms with E-state index in [0.29, 0.717) is 6.04 Å². The van der Waals surface area contributed by atoms with Crippen LogP contribution in [0, 0.1) is 11.3 Å². The molecule has 2 fully saturated rings. The molecule has 0 saturated carbocycles. The molecule has 0 spiro atoms. The van der Waals surface area contributed by atoms with Crippen molar-refractivity contribution < 1.29 is 0 Å². The first-order valence-electron chi connectivity index (χ1n) is 5.80. The van der Waals surface area contributed by atoms with Gasteiger partial charge in [-0.25, -0.2) is 0 Å². The smallest absolute Gasteiger partial charge is 0.106 e. The molecule has 3 unspecified atom stereocenters. The predicted molar refractivity (Wildman–Crippen MR) is 59.2 cm³/mol. The number of hydrogen-bond donors (Lipinski definition) is 1. The van der Waals surface area contributed by atoms with Crippen LogP contribution in [0.15, 0.2) is 0 Å².